The summed E-state index contributed by atoms with van der Waals surface area (Å²) in [6, 6.07) is 60.9. The minimum Gasteiger partial charge on any atom is -0.330 e. The number of rotatable bonds is 10. The lowest BCUT2D eigenvalue weighted by Crippen LogP contribution is -2.14. The number of anilines is 6. The standard InChI is InChI=1S/C46H40N4/c47-27-25-35-29-39(49(37-17-3-1-4-18-37)45-23-11-15-33-13-7-9-21-41(33)45)31-43-36(26-28-48)30-40(32-44(35)43)50(38-19-5-2-6-20-38)46-24-12-16-34-14-8-10-22-42(34)46/h1-24,29-32H,25-28,47-48H2. The smallest absolute Gasteiger partial charge is 0.0540 e. The van der Waals surface area contributed by atoms with Crippen LogP contribution in [-0.2, 0) is 12.8 Å². The Morgan fingerprint density at radius 1 is 0.340 bits per heavy atom. The minimum absolute atomic E-state index is 0.542. The van der Waals surface area contributed by atoms with E-state index < -0.39 is 0 Å². The molecule has 4 nitrogen and oxygen atoms in total. The second-order valence-electron chi connectivity index (χ2n) is 12.7. The number of benzene rings is 8. The molecule has 0 aliphatic rings. The van der Waals surface area contributed by atoms with Crippen LogP contribution in [0.1, 0.15) is 11.1 Å². The predicted octanol–water partition coefficient (Wildman–Crippen LogP) is 11.1. The fourth-order valence-electron chi connectivity index (χ4n) is 7.38. The van der Waals surface area contributed by atoms with Crippen LogP contribution in [0.5, 0.6) is 0 Å². The summed E-state index contributed by atoms with van der Waals surface area (Å²) < 4.78 is 0. The lowest BCUT2D eigenvalue weighted by Gasteiger charge is -2.30. The molecule has 50 heavy (non-hydrogen) atoms. The molecule has 244 valence electrons. The lowest BCUT2D eigenvalue weighted by molar-refractivity contribution is 0.968. The summed E-state index contributed by atoms with van der Waals surface area (Å²) in [4.78, 5) is 4.77. The van der Waals surface area contributed by atoms with Crippen LogP contribution in [0, 0.1) is 0 Å². The van der Waals surface area contributed by atoms with Gasteiger partial charge in [0.25, 0.3) is 0 Å². The van der Waals surface area contributed by atoms with E-state index in [0.29, 0.717) is 13.1 Å². The van der Waals surface area contributed by atoms with Crippen molar-refractivity contribution in [2.75, 3.05) is 22.9 Å². The molecule has 0 spiro atoms. The second kappa shape index (κ2) is 13.9. The van der Waals surface area contributed by atoms with Crippen LogP contribution in [0.25, 0.3) is 32.3 Å². The van der Waals surface area contributed by atoms with E-state index in [9.17, 15) is 0 Å². The molecule has 4 N–H and O–H groups in total. The van der Waals surface area contributed by atoms with Gasteiger partial charge in [-0.25, -0.2) is 0 Å². The average Bonchev–Trinajstić information content (AvgIpc) is 3.17. The summed E-state index contributed by atoms with van der Waals surface area (Å²) in [5, 5.41) is 7.21. The Bertz CT molecular complexity index is 2240. The number of hydrogen-bond acceptors (Lipinski definition) is 4. The summed E-state index contributed by atoms with van der Waals surface area (Å²) in [6.45, 7) is 1.08. The van der Waals surface area contributed by atoms with Gasteiger partial charge in [-0.1, -0.05) is 109 Å². The van der Waals surface area contributed by atoms with Gasteiger partial charge in [-0.3, -0.25) is 0 Å². The molecule has 0 saturated heterocycles. The van der Waals surface area contributed by atoms with Crippen molar-refractivity contribution in [2.45, 2.75) is 12.8 Å². The first-order valence-electron chi connectivity index (χ1n) is 17.4. The Morgan fingerprint density at radius 2 is 0.720 bits per heavy atom. The van der Waals surface area contributed by atoms with Gasteiger partial charge in [-0.2, -0.15) is 0 Å². The maximum absolute atomic E-state index is 6.37. The first-order chi connectivity index (χ1) is 24.7. The van der Waals surface area contributed by atoms with E-state index in [0.717, 1.165) is 47.0 Å². The van der Waals surface area contributed by atoms with Gasteiger partial charge in [0.1, 0.15) is 0 Å². The third-order valence-corrected chi connectivity index (χ3v) is 9.60. The molecule has 0 heterocycles. The van der Waals surface area contributed by atoms with E-state index in [-0.39, 0.29) is 0 Å². The average molecular weight is 649 g/mol. The molecule has 4 heteroatoms. The molecule has 8 aromatic rings. The van der Waals surface area contributed by atoms with Gasteiger partial charge in [-0.15, -0.1) is 0 Å². The van der Waals surface area contributed by atoms with Gasteiger partial charge < -0.3 is 21.3 Å². The number of nitrogens with two attached hydrogens (primary N) is 2. The number of nitrogens with zero attached hydrogens (tertiary/aromatic N) is 2. The maximum atomic E-state index is 6.37. The molecule has 0 fully saturated rings. The van der Waals surface area contributed by atoms with E-state index in [1.165, 1.54) is 43.4 Å². The lowest BCUT2D eigenvalue weighted by atomic mass is 9.93. The highest BCUT2D eigenvalue weighted by atomic mass is 15.1. The van der Waals surface area contributed by atoms with Crippen molar-refractivity contribution in [3.63, 3.8) is 0 Å². The number of para-hydroxylation sites is 2. The third kappa shape index (κ3) is 5.85. The number of fused-ring (bicyclic) bond motifs is 3. The molecule has 0 amide bonds. The van der Waals surface area contributed by atoms with Crippen LogP contribution in [0.15, 0.2) is 170 Å². The molecule has 0 atom stereocenters. The molecule has 8 aromatic carbocycles. The van der Waals surface area contributed by atoms with E-state index in [1.807, 2.05) is 0 Å². The summed E-state index contributed by atoms with van der Waals surface area (Å²) in [5.74, 6) is 0. The Hall–Kier alpha value is -5.94. The van der Waals surface area contributed by atoms with Crippen molar-refractivity contribution in [1.29, 1.82) is 0 Å². The number of hydrogen-bond donors (Lipinski definition) is 2. The minimum atomic E-state index is 0.542. The van der Waals surface area contributed by atoms with Gasteiger partial charge in [0, 0.05) is 33.5 Å². The summed E-state index contributed by atoms with van der Waals surface area (Å²) in [7, 11) is 0. The summed E-state index contributed by atoms with van der Waals surface area (Å²) >= 11 is 0. The fraction of sp³-hybridized carbons (Fsp3) is 0.0870. The van der Waals surface area contributed by atoms with Crippen LogP contribution in [0.2, 0.25) is 0 Å². The topological polar surface area (TPSA) is 58.5 Å². The van der Waals surface area contributed by atoms with Gasteiger partial charge in [0.15, 0.2) is 0 Å². The second-order valence-corrected chi connectivity index (χ2v) is 12.7. The highest BCUT2D eigenvalue weighted by Crippen LogP contribution is 2.44. The van der Waals surface area contributed by atoms with Gasteiger partial charge in [0.2, 0.25) is 0 Å². The van der Waals surface area contributed by atoms with E-state index in [4.69, 9.17) is 11.5 Å². The third-order valence-electron chi connectivity index (χ3n) is 9.60. The monoisotopic (exact) mass is 648 g/mol. The van der Waals surface area contributed by atoms with Gasteiger partial charge in [-0.05, 0) is 119 Å². The highest BCUT2D eigenvalue weighted by Gasteiger charge is 2.21. The van der Waals surface area contributed by atoms with Crippen molar-refractivity contribution in [2.24, 2.45) is 11.5 Å². The van der Waals surface area contributed by atoms with Crippen molar-refractivity contribution in [1.82, 2.24) is 0 Å². The first kappa shape index (κ1) is 31.3. The van der Waals surface area contributed by atoms with Crippen molar-refractivity contribution in [3.8, 4) is 0 Å². The zero-order valence-corrected chi connectivity index (χ0v) is 28.0. The van der Waals surface area contributed by atoms with Gasteiger partial charge >= 0.3 is 0 Å². The zero-order valence-electron chi connectivity index (χ0n) is 28.0. The van der Waals surface area contributed by atoms with E-state index in [1.54, 1.807) is 0 Å². The van der Waals surface area contributed by atoms with E-state index >= 15 is 0 Å². The molecule has 0 radical (unpaired) electrons. The SMILES string of the molecule is NCCc1cc(N(c2ccccc2)c2cccc3ccccc23)cc2c(CCN)cc(N(c3ccccc3)c3cccc4ccccc34)cc12. The fourth-order valence-corrected chi connectivity index (χ4v) is 7.38. The zero-order chi connectivity index (χ0) is 33.9. The molecule has 0 bridgehead atoms. The Morgan fingerprint density at radius 3 is 1.14 bits per heavy atom. The normalized spacial score (nSPS) is 11.3. The Balaban J connectivity index is 1.39. The van der Waals surface area contributed by atoms with Gasteiger partial charge in [0.05, 0.1) is 11.4 Å². The maximum Gasteiger partial charge on any atom is 0.0540 e. The highest BCUT2D eigenvalue weighted by molar-refractivity contribution is 6.04. The molecule has 0 unspecified atom stereocenters. The summed E-state index contributed by atoms with van der Waals surface area (Å²) in [6.07, 6.45) is 1.49. The van der Waals surface area contributed by atoms with Crippen LogP contribution < -0.4 is 21.3 Å². The van der Waals surface area contributed by atoms with Crippen LogP contribution in [0.3, 0.4) is 0 Å². The van der Waals surface area contributed by atoms with E-state index in [2.05, 4.69) is 180 Å². The molecule has 0 saturated carbocycles. The van der Waals surface area contributed by atoms with Crippen molar-refractivity contribution < 1.29 is 0 Å². The molecule has 0 aliphatic carbocycles. The van der Waals surface area contributed by atoms with Crippen molar-refractivity contribution in [3.05, 3.63) is 181 Å². The van der Waals surface area contributed by atoms with Crippen LogP contribution >= 0.6 is 0 Å². The predicted molar refractivity (Wildman–Crippen MR) is 214 cm³/mol. The quantitative estimate of drug-likeness (QED) is 0.155. The molecular weight excluding hydrogens is 609 g/mol. The first-order valence-corrected chi connectivity index (χ1v) is 17.4. The van der Waals surface area contributed by atoms with Crippen LogP contribution in [0.4, 0.5) is 34.1 Å². The van der Waals surface area contributed by atoms with Crippen molar-refractivity contribution >= 4 is 66.4 Å². The molecule has 0 aliphatic heterocycles. The largest absolute Gasteiger partial charge is 0.330 e. The Kier molecular flexibility index (Phi) is 8.70. The molecule has 0 aromatic heterocycles. The van der Waals surface area contributed by atoms with Crippen LogP contribution in [-0.4, -0.2) is 13.1 Å². The Labute approximate surface area is 293 Å². The molecule has 8 rings (SSSR count). The molecular formula is C46H40N4. The summed E-state index contributed by atoms with van der Waals surface area (Å²) in [5.41, 5.74) is 21.8.